The summed E-state index contributed by atoms with van der Waals surface area (Å²) >= 11 is 7.33. The lowest BCUT2D eigenvalue weighted by atomic mass is 10.2. The molecule has 0 radical (unpaired) electrons. The van der Waals surface area contributed by atoms with Crippen molar-refractivity contribution in [3.05, 3.63) is 28.6 Å². The molecule has 0 atom stereocenters. The molecule has 0 amide bonds. The van der Waals surface area contributed by atoms with Crippen molar-refractivity contribution in [3.8, 4) is 17.0 Å². The molecule has 15 heavy (non-hydrogen) atoms. The first kappa shape index (κ1) is 10.3. The Morgan fingerprint density at radius 2 is 2.27 bits per heavy atom. The SMILES string of the molecule is COc1cc(-c2csc(N)n2)ccc1Cl. The quantitative estimate of drug-likeness (QED) is 0.878. The number of anilines is 1. The minimum absolute atomic E-state index is 0.555. The zero-order chi connectivity index (χ0) is 10.8. The number of thiazole rings is 1. The molecule has 0 fully saturated rings. The number of nitrogens with zero attached hydrogens (tertiary/aromatic N) is 1. The summed E-state index contributed by atoms with van der Waals surface area (Å²) in [6.07, 6.45) is 0. The summed E-state index contributed by atoms with van der Waals surface area (Å²) < 4.78 is 5.13. The first-order chi connectivity index (χ1) is 7.20. The summed E-state index contributed by atoms with van der Waals surface area (Å²) in [4.78, 5) is 4.18. The molecule has 78 valence electrons. The predicted molar refractivity (Wildman–Crippen MR) is 63.5 cm³/mol. The van der Waals surface area contributed by atoms with Gasteiger partial charge >= 0.3 is 0 Å². The van der Waals surface area contributed by atoms with Gasteiger partial charge in [0.2, 0.25) is 0 Å². The highest BCUT2D eigenvalue weighted by Crippen LogP contribution is 2.31. The first-order valence-corrected chi connectivity index (χ1v) is 5.51. The Hall–Kier alpha value is -1.26. The number of nitrogens with two attached hydrogens (primary N) is 1. The fraction of sp³-hybridized carbons (Fsp3) is 0.100. The van der Waals surface area contributed by atoms with Gasteiger partial charge in [-0.3, -0.25) is 0 Å². The zero-order valence-corrected chi connectivity index (χ0v) is 9.60. The van der Waals surface area contributed by atoms with E-state index < -0.39 is 0 Å². The maximum absolute atomic E-state index is 5.92. The molecule has 2 N–H and O–H groups in total. The van der Waals surface area contributed by atoms with Gasteiger partial charge in [-0.1, -0.05) is 17.7 Å². The van der Waals surface area contributed by atoms with Gasteiger partial charge in [-0.2, -0.15) is 0 Å². The van der Waals surface area contributed by atoms with E-state index in [1.807, 2.05) is 17.5 Å². The summed E-state index contributed by atoms with van der Waals surface area (Å²) in [7, 11) is 1.58. The molecule has 0 aliphatic rings. The van der Waals surface area contributed by atoms with E-state index in [4.69, 9.17) is 22.1 Å². The van der Waals surface area contributed by atoms with Crippen molar-refractivity contribution in [2.45, 2.75) is 0 Å². The third kappa shape index (κ3) is 2.06. The second-order valence-electron chi connectivity index (χ2n) is 2.92. The van der Waals surface area contributed by atoms with Gasteiger partial charge < -0.3 is 10.5 Å². The highest BCUT2D eigenvalue weighted by molar-refractivity contribution is 7.13. The average molecular weight is 241 g/mol. The molecule has 1 aromatic heterocycles. The van der Waals surface area contributed by atoms with E-state index in [0.29, 0.717) is 15.9 Å². The summed E-state index contributed by atoms with van der Waals surface area (Å²) in [6.45, 7) is 0. The minimum atomic E-state index is 0.555. The second-order valence-corrected chi connectivity index (χ2v) is 4.22. The second kappa shape index (κ2) is 4.08. The monoisotopic (exact) mass is 240 g/mol. The van der Waals surface area contributed by atoms with Gasteiger partial charge in [0.25, 0.3) is 0 Å². The maximum atomic E-state index is 5.92. The van der Waals surface area contributed by atoms with Crippen LogP contribution < -0.4 is 10.5 Å². The van der Waals surface area contributed by atoms with Crippen LogP contribution in [0.3, 0.4) is 0 Å². The summed E-state index contributed by atoms with van der Waals surface area (Å²) in [5.41, 5.74) is 7.36. The van der Waals surface area contributed by atoms with E-state index >= 15 is 0 Å². The van der Waals surface area contributed by atoms with Crippen molar-refractivity contribution in [3.63, 3.8) is 0 Å². The number of methoxy groups -OCH3 is 1. The van der Waals surface area contributed by atoms with Crippen LogP contribution in [0.2, 0.25) is 5.02 Å². The van der Waals surface area contributed by atoms with Crippen LogP contribution in [0.5, 0.6) is 5.75 Å². The van der Waals surface area contributed by atoms with Gasteiger partial charge in [0.1, 0.15) is 5.75 Å². The van der Waals surface area contributed by atoms with Crippen molar-refractivity contribution in [2.24, 2.45) is 0 Å². The fourth-order valence-corrected chi connectivity index (χ4v) is 2.01. The van der Waals surface area contributed by atoms with Crippen LogP contribution in [0, 0.1) is 0 Å². The molecule has 0 saturated heterocycles. The summed E-state index contributed by atoms with van der Waals surface area (Å²) in [5, 5.41) is 3.04. The number of hydrogen-bond acceptors (Lipinski definition) is 4. The molecule has 0 saturated carbocycles. The molecule has 1 aromatic carbocycles. The number of nitrogen functional groups attached to an aromatic ring is 1. The van der Waals surface area contributed by atoms with Gasteiger partial charge in [0.15, 0.2) is 5.13 Å². The molecule has 0 aliphatic carbocycles. The van der Waals surface area contributed by atoms with Gasteiger partial charge in [0, 0.05) is 10.9 Å². The molecule has 0 unspecified atom stereocenters. The van der Waals surface area contributed by atoms with Crippen molar-refractivity contribution < 1.29 is 4.74 Å². The largest absolute Gasteiger partial charge is 0.495 e. The number of benzene rings is 1. The highest BCUT2D eigenvalue weighted by Gasteiger charge is 2.06. The molecular weight excluding hydrogens is 232 g/mol. The molecule has 0 spiro atoms. The standard InChI is InChI=1S/C10H9ClN2OS/c1-14-9-4-6(2-3-7(9)11)8-5-15-10(12)13-8/h2-5H,1H3,(H2,12,13). The number of aromatic nitrogens is 1. The number of ether oxygens (including phenoxy) is 1. The van der Waals surface area contributed by atoms with Crippen LogP contribution in [0.25, 0.3) is 11.3 Å². The van der Waals surface area contributed by atoms with Crippen LogP contribution in [0.4, 0.5) is 5.13 Å². The van der Waals surface area contributed by atoms with Crippen LogP contribution >= 0.6 is 22.9 Å². The molecule has 3 nitrogen and oxygen atoms in total. The van der Waals surface area contributed by atoms with Gasteiger partial charge in [-0.25, -0.2) is 4.98 Å². The lowest BCUT2D eigenvalue weighted by Gasteiger charge is -2.04. The molecule has 0 aliphatic heterocycles. The molecule has 2 rings (SSSR count). The topological polar surface area (TPSA) is 48.1 Å². The fourth-order valence-electron chi connectivity index (χ4n) is 1.24. The number of halogens is 1. The van der Waals surface area contributed by atoms with E-state index in [1.54, 1.807) is 13.2 Å². The van der Waals surface area contributed by atoms with Gasteiger partial charge in [0.05, 0.1) is 17.8 Å². The average Bonchev–Trinajstić information content (AvgIpc) is 2.66. The van der Waals surface area contributed by atoms with E-state index in [9.17, 15) is 0 Å². The lowest BCUT2D eigenvalue weighted by Crippen LogP contribution is -1.86. The Labute approximate surface area is 96.5 Å². The normalized spacial score (nSPS) is 10.3. The molecule has 2 aromatic rings. The van der Waals surface area contributed by atoms with Crippen LogP contribution in [-0.4, -0.2) is 12.1 Å². The summed E-state index contributed by atoms with van der Waals surface area (Å²) in [6, 6.07) is 5.52. The maximum Gasteiger partial charge on any atom is 0.180 e. The van der Waals surface area contributed by atoms with Crippen LogP contribution in [0.1, 0.15) is 0 Å². The Kier molecular flexibility index (Phi) is 2.79. The van der Waals surface area contributed by atoms with E-state index in [1.165, 1.54) is 11.3 Å². The number of hydrogen-bond donors (Lipinski definition) is 1. The molecule has 0 bridgehead atoms. The van der Waals surface area contributed by atoms with Crippen molar-refractivity contribution in [1.82, 2.24) is 4.98 Å². The zero-order valence-electron chi connectivity index (χ0n) is 8.03. The third-order valence-electron chi connectivity index (χ3n) is 1.97. The summed E-state index contributed by atoms with van der Waals surface area (Å²) in [5.74, 6) is 0.640. The smallest absolute Gasteiger partial charge is 0.180 e. The number of rotatable bonds is 2. The van der Waals surface area contributed by atoms with Crippen LogP contribution in [-0.2, 0) is 0 Å². The molecule has 5 heteroatoms. The van der Waals surface area contributed by atoms with Crippen LogP contribution in [0.15, 0.2) is 23.6 Å². The predicted octanol–water partition coefficient (Wildman–Crippen LogP) is 3.05. The Morgan fingerprint density at radius 1 is 1.47 bits per heavy atom. The highest BCUT2D eigenvalue weighted by atomic mass is 35.5. The van der Waals surface area contributed by atoms with Crippen molar-refractivity contribution in [1.29, 1.82) is 0 Å². The lowest BCUT2D eigenvalue weighted by molar-refractivity contribution is 0.415. The molecule has 1 heterocycles. The Morgan fingerprint density at radius 3 is 2.87 bits per heavy atom. The van der Waals surface area contributed by atoms with E-state index in [-0.39, 0.29) is 0 Å². The molecular formula is C10H9ClN2OS. The Balaban J connectivity index is 2.45. The van der Waals surface area contributed by atoms with Crippen molar-refractivity contribution >= 4 is 28.1 Å². The third-order valence-corrected chi connectivity index (χ3v) is 2.95. The van der Waals surface area contributed by atoms with Gasteiger partial charge in [-0.05, 0) is 12.1 Å². The Bertz CT molecular complexity index is 484. The van der Waals surface area contributed by atoms with Gasteiger partial charge in [-0.15, -0.1) is 11.3 Å². The van der Waals surface area contributed by atoms with Crippen molar-refractivity contribution in [2.75, 3.05) is 12.8 Å². The first-order valence-electron chi connectivity index (χ1n) is 4.25. The van der Waals surface area contributed by atoms with E-state index in [2.05, 4.69) is 4.98 Å². The minimum Gasteiger partial charge on any atom is -0.495 e. The van der Waals surface area contributed by atoms with E-state index in [0.717, 1.165) is 11.3 Å².